The van der Waals surface area contributed by atoms with Crippen molar-refractivity contribution in [2.24, 2.45) is 0 Å². The molecule has 0 radical (unpaired) electrons. The second kappa shape index (κ2) is 10.7. The van der Waals surface area contributed by atoms with Crippen LogP contribution in [0.3, 0.4) is 0 Å². The van der Waals surface area contributed by atoms with Crippen molar-refractivity contribution < 1.29 is 9.53 Å². The number of nitrogens with one attached hydrogen (secondary N) is 1. The summed E-state index contributed by atoms with van der Waals surface area (Å²) in [5, 5.41) is 0. The van der Waals surface area contributed by atoms with Crippen molar-refractivity contribution in [3.05, 3.63) is 21.7 Å². The molecule has 0 saturated carbocycles. The molecule has 0 aliphatic rings. The van der Waals surface area contributed by atoms with Gasteiger partial charge in [-0.05, 0) is 31.1 Å². The first-order valence-corrected chi connectivity index (χ1v) is 8.40. The molecule has 0 unspecified atom stereocenters. The van der Waals surface area contributed by atoms with Crippen LogP contribution in [0, 0.1) is 9.41 Å². The topological polar surface area (TPSA) is 47.0 Å². The number of rotatable bonds is 10. The second-order valence-electron chi connectivity index (χ2n) is 5.00. The van der Waals surface area contributed by atoms with Crippen molar-refractivity contribution in [1.29, 1.82) is 0 Å². The van der Waals surface area contributed by atoms with E-state index in [1.807, 2.05) is 23.8 Å². The van der Waals surface area contributed by atoms with Crippen molar-refractivity contribution >= 4 is 30.4 Å². The highest BCUT2D eigenvalue weighted by atomic mass is 32.1. The summed E-state index contributed by atoms with van der Waals surface area (Å²) < 4.78 is 8.43. The molecule has 0 spiro atoms. The molecule has 0 saturated heterocycles. The molecule has 0 atom stereocenters. The third-order valence-corrected chi connectivity index (χ3v) is 3.82. The van der Waals surface area contributed by atoms with Crippen LogP contribution in [0.5, 0.6) is 0 Å². The van der Waals surface area contributed by atoms with E-state index >= 15 is 0 Å². The number of aromatic nitrogens is 2. The Morgan fingerprint density at radius 2 is 1.86 bits per heavy atom. The first kappa shape index (κ1) is 18.0. The Hall–Kier alpha value is -1.01. The van der Waals surface area contributed by atoms with E-state index in [1.165, 1.54) is 19.3 Å². The average Bonchev–Trinajstić information content (AvgIpc) is 2.47. The molecule has 0 aliphatic heterocycles. The van der Waals surface area contributed by atoms with E-state index in [0.29, 0.717) is 22.4 Å². The van der Waals surface area contributed by atoms with E-state index in [-0.39, 0.29) is 5.97 Å². The minimum absolute atomic E-state index is 0.103. The van der Waals surface area contributed by atoms with E-state index in [2.05, 4.69) is 4.98 Å². The number of hydrogen-bond donors (Lipinski definition) is 1. The molecular weight excluding hydrogens is 304 g/mol. The van der Waals surface area contributed by atoms with E-state index in [1.54, 1.807) is 0 Å². The Bertz CT molecular complexity index is 537. The van der Waals surface area contributed by atoms with Crippen LogP contribution in [0.2, 0.25) is 0 Å². The lowest BCUT2D eigenvalue weighted by atomic mass is 10.1. The lowest BCUT2D eigenvalue weighted by Crippen LogP contribution is -2.03. The minimum Gasteiger partial charge on any atom is -0.466 e. The monoisotopic (exact) mass is 328 g/mol. The van der Waals surface area contributed by atoms with Gasteiger partial charge in [-0.15, -0.1) is 0 Å². The molecule has 118 valence electrons. The fraction of sp³-hybridized carbons (Fsp3) is 0.667. The molecule has 0 fully saturated rings. The summed E-state index contributed by atoms with van der Waals surface area (Å²) in [6.45, 7) is 3.30. The van der Waals surface area contributed by atoms with Gasteiger partial charge in [-0.1, -0.05) is 44.8 Å². The Kier molecular flexibility index (Phi) is 9.17. The molecule has 21 heavy (non-hydrogen) atoms. The van der Waals surface area contributed by atoms with Crippen molar-refractivity contribution in [3.8, 4) is 0 Å². The minimum atomic E-state index is -0.103. The van der Waals surface area contributed by atoms with E-state index in [9.17, 15) is 4.79 Å². The zero-order valence-electron chi connectivity index (χ0n) is 12.6. The lowest BCUT2D eigenvalue weighted by molar-refractivity contribution is -0.143. The lowest BCUT2D eigenvalue weighted by Gasteiger charge is -2.06. The van der Waals surface area contributed by atoms with Crippen LogP contribution in [0.4, 0.5) is 0 Å². The highest BCUT2D eigenvalue weighted by molar-refractivity contribution is 7.72. The predicted molar refractivity (Wildman–Crippen MR) is 89.4 cm³/mol. The van der Waals surface area contributed by atoms with Crippen LogP contribution in [0.15, 0.2) is 12.3 Å². The van der Waals surface area contributed by atoms with Crippen molar-refractivity contribution in [1.82, 2.24) is 9.55 Å². The number of ether oxygens (including phenoxy) is 1. The maximum absolute atomic E-state index is 10.9. The number of esters is 1. The summed E-state index contributed by atoms with van der Waals surface area (Å²) in [5.74, 6) is -0.103. The molecule has 1 rings (SSSR count). The molecule has 1 aromatic rings. The maximum Gasteiger partial charge on any atom is 0.305 e. The molecule has 1 aromatic heterocycles. The third-order valence-electron chi connectivity index (χ3n) is 3.24. The number of aryl methyl sites for hydroxylation is 1. The Morgan fingerprint density at radius 3 is 2.52 bits per heavy atom. The highest BCUT2D eigenvalue weighted by Gasteiger charge is 1.98. The summed E-state index contributed by atoms with van der Waals surface area (Å²) >= 11 is 10.2. The molecule has 0 aromatic carbocycles. The number of carbonyl (C=O) groups is 1. The summed E-state index contributed by atoms with van der Waals surface area (Å²) in [7, 11) is 0. The SMILES string of the molecule is CCC(=O)OCCCCCCCCn1ccc(=S)[nH]c1=S. The van der Waals surface area contributed by atoms with Crippen LogP contribution in [0.1, 0.15) is 51.9 Å². The third kappa shape index (κ3) is 8.12. The van der Waals surface area contributed by atoms with Gasteiger partial charge < -0.3 is 14.3 Å². The van der Waals surface area contributed by atoms with Gasteiger partial charge in [0.25, 0.3) is 0 Å². The molecule has 1 heterocycles. The summed E-state index contributed by atoms with van der Waals surface area (Å²) in [6.07, 6.45) is 9.19. The Morgan fingerprint density at radius 1 is 1.19 bits per heavy atom. The van der Waals surface area contributed by atoms with Gasteiger partial charge in [0.1, 0.15) is 4.64 Å². The van der Waals surface area contributed by atoms with Crippen LogP contribution >= 0.6 is 24.4 Å². The summed E-state index contributed by atoms with van der Waals surface area (Å²) in [5.41, 5.74) is 0. The fourth-order valence-corrected chi connectivity index (χ4v) is 2.48. The van der Waals surface area contributed by atoms with Crippen LogP contribution in [-0.4, -0.2) is 22.1 Å². The molecule has 0 bridgehead atoms. The van der Waals surface area contributed by atoms with E-state index in [0.717, 1.165) is 25.8 Å². The molecule has 1 N–H and O–H groups in total. The quantitative estimate of drug-likeness (QED) is 0.388. The van der Waals surface area contributed by atoms with Gasteiger partial charge in [0.15, 0.2) is 4.77 Å². The number of nitrogens with zero attached hydrogens (tertiary/aromatic N) is 1. The zero-order valence-corrected chi connectivity index (χ0v) is 14.2. The van der Waals surface area contributed by atoms with Crippen molar-refractivity contribution in [3.63, 3.8) is 0 Å². The van der Waals surface area contributed by atoms with Crippen LogP contribution in [-0.2, 0) is 16.1 Å². The van der Waals surface area contributed by atoms with Crippen LogP contribution in [0.25, 0.3) is 0 Å². The number of H-pyrrole nitrogens is 1. The smallest absolute Gasteiger partial charge is 0.305 e. The van der Waals surface area contributed by atoms with Gasteiger partial charge in [-0.3, -0.25) is 4.79 Å². The highest BCUT2D eigenvalue weighted by Crippen LogP contribution is 2.07. The Balaban J connectivity index is 2.01. The first-order chi connectivity index (χ1) is 10.1. The summed E-state index contributed by atoms with van der Waals surface area (Å²) in [6, 6.07) is 1.86. The number of unbranched alkanes of at least 4 members (excludes halogenated alkanes) is 5. The zero-order chi connectivity index (χ0) is 15.5. The number of aromatic amines is 1. The van der Waals surface area contributed by atoms with E-state index in [4.69, 9.17) is 29.2 Å². The standard InChI is InChI=1S/C15H24N2O2S2/c1-2-14(18)19-12-8-6-4-3-5-7-10-17-11-9-13(20)16-15(17)21/h9,11H,2-8,10,12H2,1H3,(H,16,20,21). The van der Waals surface area contributed by atoms with Gasteiger partial charge in [-0.2, -0.15) is 0 Å². The molecular formula is C15H24N2O2S2. The largest absolute Gasteiger partial charge is 0.466 e. The van der Waals surface area contributed by atoms with Gasteiger partial charge in [-0.25, -0.2) is 0 Å². The van der Waals surface area contributed by atoms with Crippen molar-refractivity contribution in [2.75, 3.05) is 6.61 Å². The van der Waals surface area contributed by atoms with Crippen LogP contribution < -0.4 is 0 Å². The average molecular weight is 329 g/mol. The molecule has 0 aliphatic carbocycles. The normalized spacial score (nSPS) is 10.5. The second-order valence-corrected chi connectivity index (χ2v) is 5.83. The Labute approximate surface area is 136 Å². The first-order valence-electron chi connectivity index (χ1n) is 7.59. The summed E-state index contributed by atoms with van der Waals surface area (Å²) in [4.78, 5) is 13.9. The van der Waals surface area contributed by atoms with E-state index < -0.39 is 0 Å². The van der Waals surface area contributed by atoms with Gasteiger partial charge in [0.05, 0.1) is 6.61 Å². The van der Waals surface area contributed by atoms with Gasteiger partial charge >= 0.3 is 5.97 Å². The number of hydrogen-bond acceptors (Lipinski definition) is 4. The number of carbonyl (C=O) groups excluding carboxylic acids is 1. The molecule has 4 nitrogen and oxygen atoms in total. The van der Waals surface area contributed by atoms with Gasteiger partial charge in [0, 0.05) is 19.2 Å². The fourth-order valence-electron chi connectivity index (χ4n) is 2.00. The van der Waals surface area contributed by atoms with Crippen molar-refractivity contribution in [2.45, 2.75) is 58.4 Å². The predicted octanol–water partition coefficient (Wildman–Crippen LogP) is 4.57. The van der Waals surface area contributed by atoms with Gasteiger partial charge in [0.2, 0.25) is 0 Å². The maximum atomic E-state index is 10.9. The molecule has 6 heteroatoms. The molecule has 0 amide bonds.